The Bertz CT molecular complexity index is 1310. The average Bonchev–Trinajstić information content (AvgIpc) is 3.45. The second kappa shape index (κ2) is 9.24. The summed E-state index contributed by atoms with van der Waals surface area (Å²) in [4.78, 5) is 51.8. The SMILES string of the molecule is COC(=O)C12CCC(NC(=O)C(=O)c3c(Cl)c(C(=O)Nc4ccc(F)c(F)c4)c4n3CCC4)(CC1)CC2. The molecule has 2 aromatic rings. The predicted octanol–water partition coefficient (Wildman–Crippen LogP) is 4.18. The minimum absolute atomic E-state index is 0.0280. The fourth-order valence-corrected chi connectivity index (χ4v) is 6.45. The fraction of sp³-hybridized carbons (Fsp3) is 0.462. The van der Waals surface area contributed by atoms with E-state index >= 15 is 0 Å². The summed E-state index contributed by atoms with van der Waals surface area (Å²) < 4.78 is 33.4. The number of carbonyl (C=O) groups is 4. The van der Waals surface area contributed by atoms with E-state index in [-0.39, 0.29) is 27.9 Å². The molecule has 4 aliphatic rings. The van der Waals surface area contributed by atoms with Gasteiger partial charge >= 0.3 is 5.97 Å². The van der Waals surface area contributed by atoms with Gasteiger partial charge < -0.3 is 19.9 Å². The number of aromatic nitrogens is 1. The minimum atomic E-state index is -1.12. The fourth-order valence-electron chi connectivity index (χ4n) is 6.07. The summed E-state index contributed by atoms with van der Waals surface area (Å²) in [6, 6.07) is 2.95. The molecule has 196 valence electrons. The van der Waals surface area contributed by atoms with E-state index in [4.69, 9.17) is 16.3 Å². The lowest BCUT2D eigenvalue weighted by molar-refractivity contribution is -0.160. The number of halogens is 3. The van der Waals surface area contributed by atoms with Gasteiger partial charge in [-0.2, -0.15) is 0 Å². The highest BCUT2D eigenvalue weighted by Crippen LogP contribution is 2.53. The number of amides is 2. The van der Waals surface area contributed by atoms with E-state index in [0.29, 0.717) is 63.6 Å². The number of rotatable bonds is 6. The van der Waals surface area contributed by atoms with Crippen molar-refractivity contribution in [3.8, 4) is 0 Å². The van der Waals surface area contributed by atoms with Gasteiger partial charge in [-0.3, -0.25) is 19.2 Å². The molecule has 2 N–H and O–H groups in total. The van der Waals surface area contributed by atoms with Crippen LogP contribution < -0.4 is 10.6 Å². The molecule has 2 bridgehead atoms. The average molecular weight is 534 g/mol. The monoisotopic (exact) mass is 533 g/mol. The molecule has 37 heavy (non-hydrogen) atoms. The van der Waals surface area contributed by atoms with Crippen LogP contribution in [-0.4, -0.2) is 40.8 Å². The van der Waals surface area contributed by atoms with Gasteiger partial charge in [-0.15, -0.1) is 0 Å². The third kappa shape index (κ3) is 4.21. The Morgan fingerprint density at radius 3 is 2.32 bits per heavy atom. The van der Waals surface area contributed by atoms with E-state index < -0.39 is 40.2 Å². The molecule has 3 saturated carbocycles. The van der Waals surface area contributed by atoms with Gasteiger partial charge in [0.25, 0.3) is 17.6 Å². The molecule has 6 rings (SSSR count). The van der Waals surface area contributed by atoms with Crippen molar-refractivity contribution in [2.45, 2.75) is 63.5 Å². The molecule has 2 heterocycles. The Balaban J connectivity index is 1.36. The Kier molecular flexibility index (Phi) is 6.34. The Hall–Kier alpha value is -3.27. The van der Waals surface area contributed by atoms with Crippen molar-refractivity contribution in [2.24, 2.45) is 5.41 Å². The Morgan fingerprint density at radius 2 is 1.70 bits per heavy atom. The zero-order valence-corrected chi connectivity index (χ0v) is 21.0. The molecule has 0 atom stereocenters. The molecule has 0 unspecified atom stereocenters. The van der Waals surface area contributed by atoms with Gasteiger partial charge in [-0.1, -0.05) is 11.6 Å². The lowest BCUT2D eigenvalue weighted by Gasteiger charge is -2.51. The van der Waals surface area contributed by atoms with Gasteiger partial charge in [0, 0.05) is 29.5 Å². The number of ketones is 1. The number of nitrogens with zero attached hydrogens (tertiary/aromatic N) is 1. The van der Waals surface area contributed by atoms with Gasteiger partial charge in [0.05, 0.1) is 23.1 Å². The number of ether oxygens (including phenoxy) is 1. The highest BCUT2D eigenvalue weighted by atomic mass is 35.5. The molecule has 2 amide bonds. The number of Topliss-reactive ketones (excluding diaryl/α,β-unsaturated/α-hetero) is 1. The zero-order valence-electron chi connectivity index (χ0n) is 20.2. The number of fused-ring (bicyclic) bond motifs is 4. The van der Waals surface area contributed by atoms with Crippen molar-refractivity contribution in [3.05, 3.63) is 51.8 Å². The van der Waals surface area contributed by atoms with Crippen LogP contribution in [0.3, 0.4) is 0 Å². The summed E-state index contributed by atoms with van der Waals surface area (Å²) in [6.07, 6.45) is 4.51. The van der Waals surface area contributed by atoms with E-state index in [0.717, 1.165) is 12.1 Å². The van der Waals surface area contributed by atoms with Gasteiger partial charge in [-0.05, 0) is 63.5 Å². The summed E-state index contributed by atoms with van der Waals surface area (Å²) >= 11 is 6.52. The molecule has 1 aromatic heterocycles. The lowest BCUT2D eigenvalue weighted by atomic mass is 9.57. The number of nitrogens with one attached hydrogen (secondary N) is 2. The predicted molar refractivity (Wildman–Crippen MR) is 129 cm³/mol. The first-order valence-corrected chi connectivity index (χ1v) is 12.6. The molecule has 8 nitrogen and oxygen atoms in total. The van der Waals surface area contributed by atoms with E-state index in [1.54, 1.807) is 4.57 Å². The number of anilines is 1. The summed E-state index contributed by atoms with van der Waals surface area (Å²) in [7, 11) is 1.38. The number of hydrogen-bond donors (Lipinski definition) is 2. The standard InChI is InChI=1S/C26H26ClF2N3O5/c1-37-24(36)25-6-9-26(10-7-25,11-8-25)31-23(35)21(33)20-19(27)18(17-3-2-12-32(17)20)22(34)30-14-4-5-15(28)16(29)13-14/h4-5,13H,2-3,6-12H2,1H3,(H,30,34)(H,31,35). The summed E-state index contributed by atoms with van der Waals surface area (Å²) in [5, 5.41) is 5.25. The van der Waals surface area contributed by atoms with Crippen LogP contribution >= 0.6 is 11.6 Å². The second-order valence-electron chi connectivity index (χ2n) is 10.2. The van der Waals surface area contributed by atoms with Crippen LogP contribution in [0.25, 0.3) is 0 Å². The normalized spacial score (nSPS) is 23.9. The number of carbonyl (C=O) groups excluding carboxylic acids is 4. The first kappa shape index (κ1) is 25.4. The van der Waals surface area contributed by atoms with Gasteiger partial charge in [0.15, 0.2) is 11.6 Å². The van der Waals surface area contributed by atoms with Crippen LogP contribution in [0.15, 0.2) is 18.2 Å². The second-order valence-corrected chi connectivity index (χ2v) is 10.5. The third-order valence-corrected chi connectivity index (χ3v) is 8.54. The van der Waals surface area contributed by atoms with Crippen molar-refractivity contribution in [1.29, 1.82) is 0 Å². The summed E-state index contributed by atoms with van der Waals surface area (Å²) in [5.74, 6) is -4.73. The topological polar surface area (TPSA) is 106 Å². The maximum Gasteiger partial charge on any atom is 0.311 e. The Labute approximate surface area is 216 Å². The molecule has 0 saturated heterocycles. The number of hydrogen-bond acceptors (Lipinski definition) is 5. The Morgan fingerprint density at radius 1 is 1.03 bits per heavy atom. The lowest BCUT2D eigenvalue weighted by Crippen LogP contribution is -2.59. The molecule has 0 radical (unpaired) electrons. The van der Waals surface area contributed by atoms with Gasteiger partial charge in [0.2, 0.25) is 0 Å². The first-order chi connectivity index (χ1) is 17.6. The molecule has 11 heteroatoms. The van der Waals surface area contributed by atoms with Gasteiger partial charge in [-0.25, -0.2) is 8.78 Å². The molecule has 1 aliphatic heterocycles. The van der Waals surface area contributed by atoms with Crippen molar-refractivity contribution in [2.75, 3.05) is 12.4 Å². The maximum absolute atomic E-state index is 13.6. The van der Waals surface area contributed by atoms with Crippen LogP contribution in [0.2, 0.25) is 5.02 Å². The molecular weight excluding hydrogens is 508 g/mol. The smallest absolute Gasteiger partial charge is 0.311 e. The van der Waals surface area contributed by atoms with Gasteiger partial charge in [0.1, 0.15) is 5.69 Å². The maximum atomic E-state index is 13.6. The number of esters is 1. The van der Waals surface area contributed by atoms with E-state index in [2.05, 4.69) is 10.6 Å². The van der Waals surface area contributed by atoms with E-state index in [1.165, 1.54) is 13.2 Å². The minimum Gasteiger partial charge on any atom is -0.469 e. The first-order valence-electron chi connectivity index (χ1n) is 12.2. The largest absolute Gasteiger partial charge is 0.469 e. The molecule has 0 spiro atoms. The molecular formula is C26H26ClF2N3O5. The van der Waals surface area contributed by atoms with Crippen molar-refractivity contribution >= 4 is 40.9 Å². The third-order valence-electron chi connectivity index (χ3n) is 8.18. The van der Waals surface area contributed by atoms with Crippen LogP contribution in [-0.2, 0) is 27.3 Å². The molecule has 3 aliphatic carbocycles. The molecule has 1 aromatic carbocycles. The number of methoxy groups -OCH3 is 1. The van der Waals surface area contributed by atoms with Crippen LogP contribution in [0.4, 0.5) is 14.5 Å². The summed E-state index contributed by atoms with van der Waals surface area (Å²) in [6.45, 7) is 0.411. The van der Waals surface area contributed by atoms with Crippen molar-refractivity contribution < 1.29 is 32.7 Å². The number of benzene rings is 1. The van der Waals surface area contributed by atoms with Crippen LogP contribution in [0.5, 0.6) is 0 Å². The summed E-state index contributed by atoms with van der Waals surface area (Å²) in [5.41, 5.74) is -0.585. The van der Waals surface area contributed by atoms with Crippen LogP contribution in [0, 0.1) is 17.0 Å². The van der Waals surface area contributed by atoms with E-state index in [9.17, 15) is 28.0 Å². The van der Waals surface area contributed by atoms with Crippen LogP contribution in [0.1, 0.15) is 71.5 Å². The quantitative estimate of drug-likeness (QED) is 0.329. The van der Waals surface area contributed by atoms with Crippen molar-refractivity contribution in [3.63, 3.8) is 0 Å². The molecule has 3 fully saturated rings. The highest BCUT2D eigenvalue weighted by molar-refractivity contribution is 6.48. The zero-order chi connectivity index (χ0) is 26.5. The van der Waals surface area contributed by atoms with Crippen molar-refractivity contribution in [1.82, 2.24) is 9.88 Å². The highest BCUT2D eigenvalue weighted by Gasteiger charge is 2.54. The van der Waals surface area contributed by atoms with E-state index in [1.807, 2.05) is 0 Å².